The molecule has 4 aliphatic rings. The third kappa shape index (κ3) is 3.68. The number of ether oxygens (including phenoxy) is 1. The van der Waals surface area contributed by atoms with Gasteiger partial charge >= 0.3 is 0 Å². The van der Waals surface area contributed by atoms with Crippen LogP contribution in [0, 0.1) is 5.92 Å². The summed E-state index contributed by atoms with van der Waals surface area (Å²) in [5, 5.41) is 1.17. The van der Waals surface area contributed by atoms with Gasteiger partial charge < -0.3 is 14.5 Å². The smallest absolute Gasteiger partial charge is 0.227 e. The van der Waals surface area contributed by atoms with Gasteiger partial charge in [-0.2, -0.15) is 0 Å². The molecule has 7 heteroatoms. The van der Waals surface area contributed by atoms with Crippen LogP contribution in [0.3, 0.4) is 0 Å². The molecule has 5 heterocycles. The van der Waals surface area contributed by atoms with Gasteiger partial charge in [0, 0.05) is 63.5 Å². The van der Waals surface area contributed by atoms with Crippen molar-refractivity contribution in [3.8, 4) is 0 Å². The van der Waals surface area contributed by atoms with Gasteiger partial charge in [0.1, 0.15) is 0 Å². The van der Waals surface area contributed by atoms with E-state index >= 15 is 0 Å². The Bertz CT molecular complexity index is 602. The maximum absolute atomic E-state index is 12.7. The maximum atomic E-state index is 12.7. The van der Waals surface area contributed by atoms with Crippen molar-refractivity contribution in [1.29, 1.82) is 0 Å². The van der Waals surface area contributed by atoms with Crippen molar-refractivity contribution < 1.29 is 9.53 Å². The summed E-state index contributed by atoms with van der Waals surface area (Å²) >= 11 is 1.82. The Morgan fingerprint density at radius 2 is 2.12 bits per heavy atom. The number of hydrogen-bond acceptors (Lipinski definition) is 6. The predicted molar refractivity (Wildman–Crippen MR) is 98.9 cm³/mol. The molecule has 1 aromatic rings. The standard InChI is InChI=1S/C18H28N4O2S/c1-24-9-8-22-15-5-4-14(17(22)23)11-20(12-15)13-16-10-19-18(25-16)21-6-2-3-7-21/h10,14-15H,2-9,11-13H2,1H3/t14-,15+/m0/s1. The predicted octanol–water partition coefficient (Wildman–Crippen LogP) is 1.81. The molecular weight excluding hydrogens is 336 g/mol. The molecule has 4 saturated heterocycles. The SMILES string of the molecule is COCCN1C(=O)[C@H]2CC[C@@H]1CN(Cc1cnc(N3CCCC3)s1)C2. The third-order valence-electron chi connectivity index (χ3n) is 5.70. The molecule has 0 unspecified atom stereocenters. The van der Waals surface area contributed by atoms with Gasteiger partial charge in [-0.1, -0.05) is 0 Å². The van der Waals surface area contributed by atoms with E-state index in [-0.39, 0.29) is 5.92 Å². The van der Waals surface area contributed by atoms with E-state index in [1.54, 1.807) is 7.11 Å². The Hall–Kier alpha value is -1.18. The van der Waals surface area contributed by atoms with E-state index in [1.165, 1.54) is 22.9 Å². The summed E-state index contributed by atoms with van der Waals surface area (Å²) in [5.74, 6) is 0.486. The lowest BCUT2D eigenvalue weighted by Gasteiger charge is -2.35. The fraction of sp³-hybridized carbons (Fsp3) is 0.778. The van der Waals surface area contributed by atoms with E-state index in [9.17, 15) is 4.79 Å². The number of piperidine rings is 1. The minimum Gasteiger partial charge on any atom is -0.383 e. The molecule has 0 aliphatic carbocycles. The van der Waals surface area contributed by atoms with Crippen molar-refractivity contribution in [2.75, 3.05) is 51.3 Å². The molecule has 2 bridgehead atoms. The van der Waals surface area contributed by atoms with E-state index in [2.05, 4.69) is 19.7 Å². The molecule has 0 radical (unpaired) electrons. The molecular formula is C18H28N4O2S. The molecule has 4 fully saturated rings. The summed E-state index contributed by atoms with van der Waals surface area (Å²) < 4.78 is 5.20. The number of carbonyl (C=O) groups is 1. The average molecular weight is 365 g/mol. The maximum Gasteiger partial charge on any atom is 0.227 e. The van der Waals surface area contributed by atoms with Gasteiger partial charge in [-0.3, -0.25) is 9.69 Å². The highest BCUT2D eigenvalue weighted by atomic mass is 32.1. The first-order valence-corrected chi connectivity index (χ1v) is 10.3. The van der Waals surface area contributed by atoms with Gasteiger partial charge in [-0.15, -0.1) is 11.3 Å². The van der Waals surface area contributed by atoms with Crippen LogP contribution in [0.15, 0.2) is 6.20 Å². The van der Waals surface area contributed by atoms with Gasteiger partial charge in [-0.25, -0.2) is 4.98 Å². The largest absolute Gasteiger partial charge is 0.383 e. The second-order valence-corrected chi connectivity index (χ2v) is 8.54. The summed E-state index contributed by atoms with van der Waals surface area (Å²) in [5.41, 5.74) is 0. The van der Waals surface area contributed by atoms with Gasteiger partial charge in [-0.05, 0) is 25.7 Å². The zero-order valence-corrected chi connectivity index (χ0v) is 15.8. The summed E-state index contributed by atoms with van der Waals surface area (Å²) in [6.45, 7) is 6.42. The highest BCUT2D eigenvalue weighted by molar-refractivity contribution is 7.15. The average Bonchev–Trinajstić information content (AvgIpc) is 3.22. The normalized spacial score (nSPS) is 27.3. The van der Waals surface area contributed by atoms with Crippen LogP contribution in [-0.4, -0.2) is 73.2 Å². The number of hydrogen-bond donors (Lipinski definition) is 0. The molecule has 138 valence electrons. The van der Waals surface area contributed by atoms with E-state index in [4.69, 9.17) is 4.74 Å². The first-order valence-electron chi connectivity index (χ1n) is 9.46. The molecule has 0 aromatic carbocycles. The molecule has 1 aromatic heterocycles. The zero-order chi connectivity index (χ0) is 17.2. The van der Waals surface area contributed by atoms with E-state index < -0.39 is 0 Å². The summed E-state index contributed by atoms with van der Waals surface area (Å²) in [6.07, 6.45) is 6.76. The highest BCUT2D eigenvalue weighted by Crippen LogP contribution is 2.31. The Balaban J connectivity index is 1.41. The van der Waals surface area contributed by atoms with Crippen LogP contribution >= 0.6 is 11.3 Å². The van der Waals surface area contributed by atoms with Crippen molar-refractivity contribution >= 4 is 22.4 Å². The number of fused-ring (bicyclic) bond motifs is 4. The highest BCUT2D eigenvalue weighted by Gasteiger charge is 2.40. The first-order chi connectivity index (χ1) is 12.2. The number of nitrogens with zero attached hydrogens (tertiary/aromatic N) is 4. The first kappa shape index (κ1) is 17.2. The second-order valence-electron chi connectivity index (χ2n) is 7.45. The van der Waals surface area contributed by atoms with Crippen LogP contribution in [0.2, 0.25) is 0 Å². The van der Waals surface area contributed by atoms with Crippen LogP contribution in [0.4, 0.5) is 5.13 Å². The Kier molecular flexibility index (Phi) is 5.24. The number of rotatable bonds is 6. The number of carbonyl (C=O) groups excluding carboxylic acids is 1. The number of amides is 1. The van der Waals surface area contributed by atoms with Crippen molar-refractivity contribution in [2.45, 2.75) is 38.3 Å². The van der Waals surface area contributed by atoms with Gasteiger partial charge in [0.2, 0.25) is 5.91 Å². The van der Waals surface area contributed by atoms with Crippen molar-refractivity contribution in [3.63, 3.8) is 0 Å². The number of methoxy groups -OCH3 is 1. The van der Waals surface area contributed by atoms with Crippen LogP contribution in [0.1, 0.15) is 30.6 Å². The minimum absolute atomic E-state index is 0.154. The van der Waals surface area contributed by atoms with Gasteiger partial charge in [0.25, 0.3) is 0 Å². The Morgan fingerprint density at radius 1 is 1.28 bits per heavy atom. The summed E-state index contributed by atoms with van der Waals surface area (Å²) in [6, 6.07) is 0.340. The van der Waals surface area contributed by atoms with E-state index in [0.29, 0.717) is 18.6 Å². The lowest BCUT2D eigenvalue weighted by molar-refractivity contribution is -0.140. The molecule has 0 N–H and O–H groups in total. The molecule has 1 amide bonds. The van der Waals surface area contributed by atoms with Gasteiger partial charge in [0.15, 0.2) is 5.13 Å². The van der Waals surface area contributed by atoms with Crippen LogP contribution in [0.5, 0.6) is 0 Å². The van der Waals surface area contributed by atoms with Crippen molar-refractivity contribution in [2.24, 2.45) is 5.92 Å². The third-order valence-corrected chi connectivity index (χ3v) is 6.75. The quantitative estimate of drug-likeness (QED) is 0.771. The Labute approximate surface area is 153 Å². The number of thiazole rings is 1. The minimum atomic E-state index is 0.154. The molecule has 0 spiro atoms. The van der Waals surface area contributed by atoms with Crippen LogP contribution in [-0.2, 0) is 16.1 Å². The number of anilines is 1. The fourth-order valence-electron chi connectivity index (χ4n) is 4.39. The molecule has 25 heavy (non-hydrogen) atoms. The zero-order valence-electron chi connectivity index (χ0n) is 15.0. The lowest BCUT2D eigenvalue weighted by atomic mass is 9.94. The Morgan fingerprint density at radius 3 is 2.92 bits per heavy atom. The molecule has 4 aliphatic heterocycles. The molecule has 0 saturated carbocycles. The second kappa shape index (κ2) is 7.60. The molecule has 5 rings (SSSR count). The fourth-order valence-corrected chi connectivity index (χ4v) is 5.39. The van der Waals surface area contributed by atoms with Crippen molar-refractivity contribution in [1.82, 2.24) is 14.8 Å². The van der Waals surface area contributed by atoms with Crippen molar-refractivity contribution in [3.05, 3.63) is 11.1 Å². The van der Waals surface area contributed by atoms with E-state index in [0.717, 1.165) is 52.1 Å². The van der Waals surface area contributed by atoms with Crippen LogP contribution in [0.25, 0.3) is 0 Å². The van der Waals surface area contributed by atoms with E-state index in [1.807, 2.05) is 17.5 Å². The number of aromatic nitrogens is 1. The van der Waals surface area contributed by atoms with Crippen LogP contribution < -0.4 is 4.90 Å². The topological polar surface area (TPSA) is 48.9 Å². The summed E-state index contributed by atoms with van der Waals surface area (Å²) in [7, 11) is 1.70. The monoisotopic (exact) mass is 364 g/mol. The summed E-state index contributed by atoms with van der Waals surface area (Å²) in [4.78, 5) is 25.6. The van der Waals surface area contributed by atoms with Gasteiger partial charge in [0.05, 0.1) is 12.5 Å². The lowest BCUT2D eigenvalue weighted by Crippen LogP contribution is -2.49. The molecule has 6 nitrogen and oxygen atoms in total. The molecule has 2 atom stereocenters.